The van der Waals surface area contributed by atoms with Gasteiger partial charge in [0.1, 0.15) is 4.60 Å². The molecule has 0 aliphatic heterocycles. The molecule has 2 N–H and O–H groups in total. The van der Waals surface area contributed by atoms with E-state index < -0.39 is 10.2 Å². The summed E-state index contributed by atoms with van der Waals surface area (Å²) in [5.74, 6) is 0.173. The van der Waals surface area contributed by atoms with E-state index in [-0.39, 0.29) is 11.9 Å². The zero-order valence-electron chi connectivity index (χ0n) is 8.23. The Labute approximate surface area is 96.8 Å². The average molecular weight is 295 g/mol. The smallest absolute Gasteiger partial charge is 0.253 e. The SMILES string of the molecule is CC(C)NS(=O)(=O)Nc1cnc(Br)cn1. The maximum atomic E-state index is 11.4. The molecule has 8 heteroatoms. The van der Waals surface area contributed by atoms with Crippen LogP contribution in [0.2, 0.25) is 0 Å². The minimum atomic E-state index is -3.56. The molecule has 1 rings (SSSR count). The average Bonchev–Trinajstić information content (AvgIpc) is 2.06. The first-order valence-electron chi connectivity index (χ1n) is 4.16. The molecule has 0 radical (unpaired) electrons. The summed E-state index contributed by atoms with van der Waals surface area (Å²) >= 11 is 3.10. The lowest BCUT2D eigenvalue weighted by molar-refractivity contribution is 0.575. The number of halogens is 1. The molecule has 6 nitrogen and oxygen atoms in total. The van der Waals surface area contributed by atoms with Crippen LogP contribution in [0.25, 0.3) is 0 Å². The van der Waals surface area contributed by atoms with E-state index in [1.165, 1.54) is 12.4 Å². The zero-order chi connectivity index (χ0) is 11.5. The highest BCUT2D eigenvalue weighted by Gasteiger charge is 2.11. The Morgan fingerprint density at radius 3 is 2.47 bits per heavy atom. The number of aromatic nitrogens is 2. The third-order valence-electron chi connectivity index (χ3n) is 1.25. The second kappa shape index (κ2) is 4.86. The Hall–Kier alpha value is -0.730. The van der Waals surface area contributed by atoms with Crippen LogP contribution >= 0.6 is 15.9 Å². The normalized spacial score (nSPS) is 11.7. The number of nitrogens with zero attached hydrogens (tertiary/aromatic N) is 2. The summed E-state index contributed by atoms with van der Waals surface area (Å²) in [4.78, 5) is 7.67. The molecule has 0 bridgehead atoms. The molecule has 0 fully saturated rings. The quantitative estimate of drug-likeness (QED) is 0.864. The van der Waals surface area contributed by atoms with Gasteiger partial charge in [0.05, 0.1) is 12.4 Å². The highest BCUT2D eigenvalue weighted by atomic mass is 79.9. The Morgan fingerprint density at radius 2 is 2.00 bits per heavy atom. The van der Waals surface area contributed by atoms with E-state index in [2.05, 4.69) is 35.3 Å². The molecule has 0 spiro atoms. The predicted octanol–water partition coefficient (Wildman–Crippen LogP) is 0.894. The minimum Gasteiger partial charge on any atom is -0.253 e. The summed E-state index contributed by atoms with van der Waals surface area (Å²) in [5, 5.41) is 0. The molecular formula is C7H11BrN4O2S. The largest absolute Gasteiger partial charge is 0.300 e. The maximum absolute atomic E-state index is 11.4. The second-order valence-electron chi connectivity index (χ2n) is 3.10. The first-order chi connectivity index (χ1) is 6.89. The predicted molar refractivity (Wildman–Crippen MR) is 60.5 cm³/mol. The van der Waals surface area contributed by atoms with Gasteiger partial charge in [-0.25, -0.2) is 9.97 Å². The van der Waals surface area contributed by atoms with Crippen LogP contribution in [0.5, 0.6) is 0 Å². The number of nitrogens with one attached hydrogen (secondary N) is 2. The monoisotopic (exact) mass is 294 g/mol. The highest BCUT2D eigenvalue weighted by Crippen LogP contribution is 2.07. The molecule has 0 aromatic carbocycles. The third kappa shape index (κ3) is 4.54. The van der Waals surface area contributed by atoms with Gasteiger partial charge in [0.25, 0.3) is 0 Å². The summed E-state index contributed by atoms with van der Waals surface area (Å²) in [6, 6.07) is -0.175. The molecule has 0 aliphatic carbocycles. The Bertz CT molecular complexity index is 417. The fraction of sp³-hybridized carbons (Fsp3) is 0.429. The van der Waals surface area contributed by atoms with Crippen molar-refractivity contribution in [3.05, 3.63) is 17.0 Å². The van der Waals surface area contributed by atoms with E-state index in [0.717, 1.165) is 0 Å². The lowest BCUT2D eigenvalue weighted by Gasteiger charge is -2.10. The van der Waals surface area contributed by atoms with Crippen molar-refractivity contribution in [1.29, 1.82) is 0 Å². The van der Waals surface area contributed by atoms with E-state index >= 15 is 0 Å². The molecule has 84 valence electrons. The molecule has 0 aliphatic rings. The fourth-order valence-corrected chi connectivity index (χ4v) is 2.11. The Balaban J connectivity index is 2.73. The first kappa shape index (κ1) is 12.3. The van der Waals surface area contributed by atoms with E-state index in [1.54, 1.807) is 13.8 Å². The number of rotatable bonds is 4. The summed E-state index contributed by atoms with van der Waals surface area (Å²) in [6.07, 6.45) is 2.73. The van der Waals surface area contributed by atoms with E-state index in [9.17, 15) is 8.42 Å². The maximum Gasteiger partial charge on any atom is 0.300 e. The number of anilines is 1. The van der Waals surface area contributed by atoms with Crippen molar-refractivity contribution in [2.45, 2.75) is 19.9 Å². The first-order valence-corrected chi connectivity index (χ1v) is 6.44. The molecule has 1 aromatic rings. The number of hydrogen-bond acceptors (Lipinski definition) is 4. The van der Waals surface area contributed by atoms with Gasteiger partial charge < -0.3 is 0 Å². The van der Waals surface area contributed by atoms with Crippen LogP contribution in [0, 0.1) is 0 Å². The molecule has 0 amide bonds. The van der Waals surface area contributed by atoms with Gasteiger partial charge in [-0.3, -0.25) is 4.72 Å². The van der Waals surface area contributed by atoms with E-state index in [0.29, 0.717) is 4.60 Å². The minimum absolute atomic E-state index is 0.173. The summed E-state index contributed by atoms with van der Waals surface area (Å²) in [7, 11) is -3.56. The lowest BCUT2D eigenvalue weighted by atomic mass is 10.4. The van der Waals surface area contributed by atoms with Crippen molar-refractivity contribution in [1.82, 2.24) is 14.7 Å². The van der Waals surface area contributed by atoms with Crippen LogP contribution in [0.3, 0.4) is 0 Å². The van der Waals surface area contributed by atoms with Crippen LogP contribution in [-0.2, 0) is 10.2 Å². The zero-order valence-corrected chi connectivity index (χ0v) is 10.6. The molecule has 1 aromatic heterocycles. The third-order valence-corrected chi connectivity index (χ3v) is 2.92. The van der Waals surface area contributed by atoms with Gasteiger partial charge in [-0.1, -0.05) is 0 Å². The van der Waals surface area contributed by atoms with Crippen molar-refractivity contribution < 1.29 is 8.42 Å². The van der Waals surface area contributed by atoms with Gasteiger partial charge >= 0.3 is 10.2 Å². The van der Waals surface area contributed by atoms with Crippen molar-refractivity contribution in [2.75, 3.05) is 4.72 Å². The standard InChI is InChI=1S/C7H11BrN4O2S/c1-5(2)11-15(13,14)12-7-4-9-6(8)3-10-7/h3-5,11H,1-2H3,(H,10,12). The van der Waals surface area contributed by atoms with Crippen molar-refractivity contribution in [3.8, 4) is 0 Å². The Kier molecular flexibility index (Phi) is 4.00. The molecule has 0 saturated carbocycles. The fourth-order valence-electron chi connectivity index (χ4n) is 0.842. The van der Waals surface area contributed by atoms with Gasteiger partial charge in [-0.15, -0.1) is 0 Å². The summed E-state index contributed by atoms with van der Waals surface area (Å²) in [6.45, 7) is 3.46. The van der Waals surface area contributed by atoms with Crippen molar-refractivity contribution >= 4 is 32.0 Å². The molecule has 1 heterocycles. The van der Waals surface area contributed by atoms with Gasteiger partial charge in [0, 0.05) is 6.04 Å². The van der Waals surface area contributed by atoms with Crippen molar-refractivity contribution in [2.24, 2.45) is 0 Å². The van der Waals surface area contributed by atoms with Crippen LogP contribution < -0.4 is 9.44 Å². The van der Waals surface area contributed by atoms with Crippen molar-refractivity contribution in [3.63, 3.8) is 0 Å². The molecule has 0 atom stereocenters. The van der Waals surface area contributed by atoms with Gasteiger partial charge in [0.15, 0.2) is 5.82 Å². The highest BCUT2D eigenvalue weighted by molar-refractivity contribution is 9.10. The molecule has 0 unspecified atom stereocenters. The Morgan fingerprint density at radius 1 is 1.33 bits per heavy atom. The van der Waals surface area contributed by atoms with Crippen LogP contribution in [0.4, 0.5) is 5.82 Å². The van der Waals surface area contributed by atoms with Crippen LogP contribution in [-0.4, -0.2) is 24.4 Å². The molecule has 15 heavy (non-hydrogen) atoms. The van der Waals surface area contributed by atoms with Gasteiger partial charge in [-0.2, -0.15) is 13.1 Å². The topological polar surface area (TPSA) is 84.0 Å². The van der Waals surface area contributed by atoms with Gasteiger partial charge in [0.2, 0.25) is 0 Å². The van der Waals surface area contributed by atoms with E-state index in [1.807, 2.05) is 0 Å². The second-order valence-corrected chi connectivity index (χ2v) is 5.36. The molecule has 0 saturated heterocycles. The van der Waals surface area contributed by atoms with Crippen LogP contribution in [0.1, 0.15) is 13.8 Å². The summed E-state index contributed by atoms with van der Waals surface area (Å²) in [5.41, 5.74) is 0. The van der Waals surface area contributed by atoms with E-state index in [4.69, 9.17) is 0 Å². The van der Waals surface area contributed by atoms with Gasteiger partial charge in [-0.05, 0) is 29.8 Å². The summed E-state index contributed by atoms with van der Waals surface area (Å²) < 4.78 is 27.9. The molecular weight excluding hydrogens is 284 g/mol. The number of hydrogen-bond donors (Lipinski definition) is 2. The lowest BCUT2D eigenvalue weighted by Crippen LogP contribution is -2.35. The van der Waals surface area contributed by atoms with Crippen LogP contribution in [0.15, 0.2) is 17.0 Å².